The normalized spacial score (nSPS) is 52.1. The van der Waals surface area contributed by atoms with Crippen molar-refractivity contribution in [1.82, 2.24) is 4.90 Å². The highest BCUT2D eigenvalue weighted by molar-refractivity contribution is 5.66. The highest BCUT2D eigenvalue weighted by atomic mass is 16.5. The molecular weight excluding hydrogens is 450 g/mol. The first-order chi connectivity index (χ1) is 17.2. The Kier molecular flexibility index (Phi) is 6.49. The van der Waals surface area contributed by atoms with E-state index >= 15 is 0 Å². The van der Waals surface area contributed by atoms with E-state index in [4.69, 9.17) is 9.47 Å². The molecule has 6 rings (SSSR count). The highest BCUT2D eigenvalue weighted by Gasteiger charge is 2.63. The van der Waals surface area contributed by atoms with Crippen molar-refractivity contribution in [3.05, 3.63) is 0 Å². The summed E-state index contributed by atoms with van der Waals surface area (Å²) in [5, 5.41) is 0. The van der Waals surface area contributed by atoms with E-state index in [-0.39, 0.29) is 29.6 Å². The summed E-state index contributed by atoms with van der Waals surface area (Å²) >= 11 is 0. The molecule has 0 amide bonds. The quantitative estimate of drug-likeness (QED) is 0.456. The lowest BCUT2D eigenvalue weighted by molar-refractivity contribution is -0.180. The van der Waals surface area contributed by atoms with Crippen molar-refractivity contribution in [2.75, 3.05) is 13.1 Å². The van der Waals surface area contributed by atoms with Gasteiger partial charge in [0.25, 0.3) is 0 Å². The molecule has 5 nitrogen and oxygen atoms in total. The molecule has 4 aliphatic carbocycles. The van der Waals surface area contributed by atoms with Crippen molar-refractivity contribution in [2.45, 2.75) is 111 Å². The van der Waals surface area contributed by atoms with E-state index in [1.807, 2.05) is 0 Å². The monoisotopic (exact) mass is 499 g/mol. The molecule has 36 heavy (non-hydrogen) atoms. The molecule has 0 aromatic heterocycles. The molecule has 202 valence electrons. The van der Waals surface area contributed by atoms with Crippen LogP contribution in [-0.2, 0) is 19.1 Å². The van der Waals surface area contributed by atoms with Crippen LogP contribution in [0.5, 0.6) is 0 Å². The summed E-state index contributed by atoms with van der Waals surface area (Å²) in [5.74, 6) is 6.40. The summed E-state index contributed by atoms with van der Waals surface area (Å²) in [5.41, 5.74) is 0.176. The average molecular weight is 500 g/mol. The molecule has 4 saturated carbocycles. The number of carbonyl (C=O) groups is 2. The summed E-state index contributed by atoms with van der Waals surface area (Å²) in [4.78, 5) is 26.8. The third kappa shape index (κ3) is 4.05. The molecule has 2 heterocycles. The zero-order valence-electron chi connectivity index (χ0n) is 23.3. The largest absolute Gasteiger partial charge is 0.463 e. The van der Waals surface area contributed by atoms with Crippen molar-refractivity contribution in [3.63, 3.8) is 0 Å². The van der Waals surface area contributed by atoms with Gasteiger partial charge in [-0.2, -0.15) is 0 Å². The van der Waals surface area contributed by atoms with Gasteiger partial charge in [0.05, 0.1) is 0 Å². The molecule has 2 saturated heterocycles. The van der Waals surface area contributed by atoms with Crippen LogP contribution in [0.15, 0.2) is 0 Å². The van der Waals surface area contributed by atoms with E-state index in [1.54, 1.807) is 6.92 Å². The van der Waals surface area contributed by atoms with Gasteiger partial charge < -0.3 is 9.47 Å². The van der Waals surface area contributed by atoms with Crippen LogP contribution in [0.4, 0.5) is 0 Å². The molecule has 0 spiro atoms. The minimum absolute atomic E-state index is 0.0267. The van der Waals surface area contributed by atoms with Gasteiger partial charge in [-0.25, -0.2) is 0 Å². The van der Waals surface area contributed by atoms with E-state index in [0.29, 0.717) is 11.8 Å². The lowest BCUT2D eigenvalue weighted by Gasteiger charge is -2.57. The van der Waals surface area contributed by atoms with Gasteiger partial charge in [0.2, 0.25) is 0 Å². The minimum Gasteiger partial charge on any atom is -0.463 e. The number of hydrogen-bond donors (Lipinski definition) is 0. The van der Waals surface area contributed by atoms with E-state index in [2.05, 4.69) is 25.7 Å². The maximum absolute atomic E-state index is 12.2. The molecule has 0 N–H and O–H groups in total. The minimum atomic E-state index is -0.184. The standard InChI is InChI=1S/C31H49NO4/c1-17-6-9-29-18(2)22-7-8-23-24(26(22)16-32(29)15-17)13-27-25(23)14-30(36-20(4)34)28-12-21(35-19(3)33)10-11-31(27,28)5/h17-18,21-30H,6-16H2,1-5H3/t17?,18?,21?,22?,23?,24?,25?,26?,27?,28?,29?,30?,31-/m1/s1. The number of piperidine rings is 2. The summed E-state index contributed by atoms with van der Waals surface area (Å²) in [6.45, 7) is 13.2. The molecule has 0 aromatic carbocycles. The van der Waals surface area contributed by atoms with Gasteiger partial charge >= 0.3 is 11.9 Å². The Labute approximate surface area is 218 Å². The number of hydrogen-bond acceptors (Lipinski definition) is 5. The number of ether oxygens (including phenoxy) is 2. The van der Waals surface area contributed by atoms with E-state index in [1.165, 1.54) is 52.1 Å². The Morgan fingerprint density at radius 2 is 1.50 bits per heavy atom. The predicted molar refractivity (Wildman–Crippen MR) is 139 cm³/mol. The van der Waals surface area contributed by atoms with E-state index in [9.17, 15) is 9.59 Å². The first-order valence-corrected chi connectivity index (χ1v) is 15.2. The molecule has 12 unspecified atom stereocenters. The molecule has 13 atom stereocenters. The van der Waals surface area contributed by atoms with Gasteiger partial charge in [-0.15, -0.1) is 0 Å². The Morgan fingerprint density at radius 3 is 2.25 bits per heavy atom. The van der Waals surface area contributed by atoms with Crippen LogP contribution in [0, 0.1) is 58.7 Å². The first-order valence-electron chi connectivity index (χ1n) is 15.2. The number of carbonyl (C=O) groups excluding carboxylic acids is 2. The van der Waals surface area contributed by atoms with Crippen molar-refractivity contribution >= 4 is 11.9 Å². The Bertz CT molecular complexity index is 873. The number of fused-ring (bicyclic) bond motifs is 8. The summed E-state index contributed by atoms with van der Waals surface area (Å²) in [6.07, 6.45) is 10.8. The maximum Gasteiger partial charge on any atom is 0.302 e. The lowest BCUT2D eigenvalue weighted by Crippen LogP contribution is -2.58. The van der Waals surface area contributed by atoms with Crippen LogP contribution in [-0.4, -0.2) is 48.2 Å². The van der Waals surface area contributed by atoms with Crippen LogP contribution in [0.3, 0.4) is 0 Å². The molecule has 6 fully saturated rings. The molecule has 0 bridgehead atoms. The SMILES string of the molecule is CC(=O)OC1CC[C@@]2(C)C(C1)C(OC(C)=O)CC1C3CCC4C(C)C5CCC(C)CN5CC4C3CC12. The molecule has 0 aromatic rings. The number of esters is 2. The second-order valence-electron chi connectivity index (χ2n) is 14.3. The Morgan fingerprint density at radius 1 is 0.750 bits per heavy atom. The fraction of sp³-hybridized carbons (Fsp3) is 0.935. The summed E-state index contributed by atoms with van der Waals surface area (Å²) in [6, 6.07) is 0.814. The smallest absolute Gasteiger partial charge is 0.302 e. The van der Waals surface area contributed by atoms with Gasteiger partial charge in [0, 0.05) is 38.9 Å². The van der Waals surface area contributed by atoms with Gasteiger partial charge in [0.15, 0.2) is 0 Å². The first kappa shape index (κ1) is 25.2. The summed E-state index contributed by atoms with van der Waals surface area (Å²) < 4.78 is 11.8. The summed E-state index contributed by atoms with van der Waals surface area (Å²) in [7, 11) is 0. The highest BCUT2D eigenvalue weighted by Crippen LogP contribution is 2.67. The van der Waals surface area contributed by atoms with Crippen molar-refractivity contribution in [2.24, 2.45) is 58.7 Å². The lowest BCUT2D eigenvalue weighted by atomic mass is 9.51. The van der Waals surface area contributed by atoms with Gasteiger partial charge in [-0.1, -0.05) is 20.8 Å². The zero-order chi connectivity index (χ0) is 25.4. The van der Waals surface area contributed by atoms with Crippen LogP contribution >= 0.6 is 0 Å². The fourth-order valence-corrected chi connectivity index (χ4v) is 11.2. The average Bonchev–Trinajstić information content (AvgIpc) is 3.19. The van der Waals surface area contributed by atoms with Crippen LogP contribution in [0.2, 0.25) is 0 Å². The maximum atomic E-state index is 12.2. The van der Waals surface area contributed by atoms with Crippen molar-refractivity contribution < 1.29 is 19.1 Å². The van der Waals surface area contributed by atoms with E-state index < -0.39 is 0 Å². The Hall–Kier alpha value is -1.10. The van der Waals surface area contributed by atoms with E-state index in [0.717, 1.165) is 73.2 Å². The van der Waals surface area contributed by atoms with Gasteiger partial charge in [-0.3, -0.25) is 14.5 Å². The fourth-order valence-electron chi connectivity index (χ4n) is 11.2. The van der Waals surface area contributed by atoms with Crippen molar-refractivity contribution in [1.29, 1.82) is 0 Å². The second-order valence-corrected chi connectivity index (χ2v) is 14.3. The van der Waals surface area contributed by atoms with Crippen molar-refractivity contribution in [3.8, 4) is 0 Å². The third-order valence-corrected chi connectivity index (χ3v) is 12.6. The molecule has 0 radical (unpaired) electrons. The third-order valence-electron chi connectivity index (χ3n) is 12.6. The zero-order valence-corrected chi connectivity index (χ0v) is 23.3. The topological polar surface area (TPSA) is 55.8 Å². The molecule has 5 heteroatoms. The van der Waals surface area contributed by atoms with Crippen LogP contribution in [0.1, 0.15) is 92.4 Å². The number of nitrogens with zero attached hydrogens (tertiary/aromatic N) is 1. The molecular formula is C31H49NO4. The second kappa shape index (κ2) is 9.27. The van der Waals surface area contributed by atoms with Crippen LogP contribution in [0.25, 0.3) is 0 Å². The van der Waals surface area contributed by atoms with Gasteiger partial charge in [-0.05, 0) is 111 Å². The van der Waals surface area contributed by atoms with Crippen LogP contribution < -0.4 is 0 Å². The Balaban J connectivity index is 1.27. The molecule has 6 aliphatic rings. The van der Waals surface area contributed by atoms with Gasteiger partial charge in [0.1, 0.15) is 12.2 Å². The number of rotatable bonds is 2. The molecule has 2 aliphatic heterocycles. The predicted octanol–water partition coefficient (Wildman–Crippen LogP) is 5.70.